The Morgan fingerprint density at radius 3 is 2.58 bits per heavy atom. The van der Waals surface area contributed by atoms with Crippen molar-refractivity contribution in [3.8, 4) is 0 Å². The van der Waals surface area contributed by atoms with E-state index < -0.39 is 15.6 Å². The van der Waals surface area contributed by atoms with Crippen LogP contribution in [0.2, 0.25) is 0 Å². The van der Waals surface area contributed by atoms with Crippen molar-refractivity contribution in [2.75, 3.05) is 39.8 Å². The first kappa shape index (κ1) is 28.6. The monoisotopic (exact) mass is 567 g/mol. The normalized spacial score (nSPS) is 17.4. The van der Waals surface area contributed by atoms with Crippen molar-refractivity contribution in [1.29, 1.82) is 0 Å². The molecule has 0 radical (unpaired) electrons. The molecule has 3 heterocycles. The average molecular weight is 568 g/mol. The van der Waals surface area contributed by atoms with Gasteiger partial charge in [0.15, 0.2) is 0 Å². The van der Waals surface area contributed by atoms with Gasteiger partial charge in [-0.1, -0.05) is 30.3 Å². The Balaban J connectivity index is 1.16. The van der Waals surface area contributed by atoms with E-state index >= 15 is 0 Å². The molecule has 2 aliphatic rings. The number of fused-ring (bicyclic) bond motifs is 2. The van der Waals surface area contributed by atoms with Gasteiger partial charge >= 0.3 is 6.09 Å². The molecule has 0 aliphatic carbocycles. The second kappa shape index (κ2) is 11.5. The number of hydrogen-bond donors (Lipinski definition) is 0. The van der Waals surface area contributed by atoms with E-state index in [2.05, 4.69) is 11.0 Å². The number of benzene rings is 2. The Bertz CT molecular complexity index is 1450. The van der Waals surface area contributed by atoms with Gasteiger partial charge in [0.05, 0.1) is 11.2 Å². The van der Waals surface area contributed by atoms with E-state index in [9.17, 15) is 13.2 Å². The van der Waals surface area contributed by atoms with Crippen LogP contribution in [0, 0.1) is 5.92 Å². The molecule has 8 nitrogen and oxygen atoms in total. The molecule has 3 aromatic rings. The second-order valence-electron chi connectivity index (χ2n) is 12.1. The van der Waals surface area contributed by atoms with Crippen LogP contribution in [0.15, 0.2) is 58.0 Å². The molecule has 1 aromatic heterocycles. The number of carbonyl (C=O) groups is 1. The van der Waals surface area contributed by atoms with Gasteiger partial charge in [-0.3, -0.25) is 0 Å². The van der Waals surface area contributed by atoms with Crippen LogP contribution in [0.3, 0.4) is 0 Å². The van der Waals surface area contributed by atoms with Gasteiger partial charge in [0.25, 0.3) is 0 Å². The van der Waals surface area contributed by atoms with E-state index in [1.165, 1.54) is 15.3 Å². The van der Waals surface area contributed by atoms with Crippen LogP contribution in [0.4, 0.5) is 4.79 Å². The van der Waals surface area contributed by atoms with Gasteiger partial charge in [0.2, 0.25) is 10.0 Å². The fourth-order valence-electron chi connectivity index (χ4n) is 5.83. The van der Waals surface area contributed by atoms with Gasteiger partial charge in [-0.25, -0.2) is 17.5 Å². The molecule has 2 aromatic carbocycles. The summed E-state index contributed by atoms with van der Waals surface area (Å²) in [4.78, 5) is 17.1. The van der Waals surface area contributed by atoms with E-state index in [0.29, 0.717) is 36.9 Å². The molecule has 2 aliphatic heterocycles. The minimum atomic E-state index is -3.65. The first-order valence-electron chi connectivity index (χ1n) is 14.2. The summed E-state index contributed by atoms with van der Waals surface area (Å²) in [5.74, 6) is 0.327. The Morgan fingerprint density at radius 2 is 1.82 bits per heavy atom. The van der Waals surface area contributed by atoms with Crippen molar-refractivity contribution >= 4 is 27.1 Å². The lowest BCUT2D eigenvalue weighted by Crippen LogP contribution is -2.41. The summed E-state index contributed by atoms with van der Waals surface area (Å²) in [5, 5.41) is 1.19. The minimum Gasteiger partial charge on any atom is -0.464 e. The fourth-order valence-corrected chi connectivity index (χ4v) is 7.36. The zero-order chi connectivity index (χ0) is 28.5. The maximum atomic E-state index is 13.7. The SMILES string of the molecule is CN(CC1CCN(CCc2coc3ccccc23)CC1)S(=O)(=O)c1cccc2c1CCN(C(=O)OC(C)(C)C)C2. The predicted octanol–water partition coefficient (Wildman–Crippen LogP) is 5.30. The highest BCUT2D eigenvalue weighted by Gasteiger charge is 2.32. The Labute approximate surface area is 237 Å². The zero-order valence-corrected chi connectivity index (χ0v) is 24.9. The lowest BCUT2D eigenvalue weighted by atomic mass is 9.96. The maximum absolute atomic E-state index is 13.7. The Hall–Kier alpha value is -2.88. The molecule has 0 unspecified atom stereocenters. The number of rotatable bonds is 7. The van der Waals surface area contributed by atoms with Gasteiger partial charge in [0, 0.05) is 38.6 Å². The maximum Gasteiger partial charge on any atom is 0.410 e. The van der Waals surface area contributed by atoms with Crippen LogP contribution >= 0.6 is 0 Å². The lowest BCUT2D eigenvalue weighted by molar-refractivity contribution is 0.0223. The van der Waals surface area contributed by atoms with Crippen LogP contribution in [0.5, 0.6) is 0 Å². The number of carbonyl (C=O) groups excluding carboxylic acids is 1. The molecule has 0 bridgehead atoms. The van der Waals surface area contributed by atoms with Crippen LogP contribution in [-0.2, 0) is 34.1 Å². The molecular formula is C31H41N3O5S. The van der Waals surface area contributed by atoms with Crippen molar-refractivity contribution in [3.63, 3.8) is 0 Å². The molecule has 5 rings (SSSR count). The summed E-state index contributed by atoms with van der Waals surface area (Å²) in [5.41, 5.74) is 3.28. The molecule has 9 heteroatoms. The molecule has 0 N–H and O–H groups in total. The minimum absolute atomic E-state index is 0.327. The summed E-state index contributed by atoms with van der Waals surface area (Å²) < 4.78 is 40.1. The Kier molecular flexibility index (Phi) is 8.27. The van der Waals surface area contributed by atoms with Gasteiger partial charge in [0.1, 0.15) is 11.2 Å². The summed E-state index contributed by atoms with van der Waals surface area (Å²) in [6.45, 7) is 9.74. The number of likely N-dealkylation sites (tertiary alicyclic amines) is 1. The third-order valence-corrected chi connectivity index (χ3v) is 9.95. The van der Waals surface area contributed by atoms with E-state index in [1.807, 2.05) is 51.3 Å². The summed E-state index contributed by atoms with van der Waals surface area (Å²) in [6.07, 6.45) is 4.89. The number of sulfonamides is 1. The standard InChI is InChI=1S/C31H41N3O5S/c1-31(2,3)39-30(35)34-19-15-27-24(21-34)8-7-11-29(27)40(36,37)32(4)20-23-12-16-33(17-13-23)18-14-25-22-38-28-10-6-5-9-26(25)28/h5-11,22-23H,12-21H2,1-4H3. The van der Waals surface area contributed by atoms with Crippen molar-refractivity contribution in [2.24, 2.45) is 5.92 Å². The second-order valence-corrected chi connectivity index (χ2v) is 14.1. The van der Waals surface area contributed by atoms with Gasteiger partial charge in [-0.2, -0.15) is 0 Å². The lowest BCUT2D eigenvalue weighted by Gasteiger charge is -2.34. The number of hydrogen-bond acceptors (Lipinski definition) is 6. The van der Waals surface area contributed by atoms with Crippen LogP contribution in [0.1, 0.15) is 50.3 Å². The van der Waals surface area contributed by atoms with E-state index in [4.69, 9.17) is 9.15 Å². The van der Waals surface area contributed by atoms with E-state index in [-0.39, 0.29) is 6.09 Å². The third kappa shape index (κ3) is 6.37. The number of piperidine rings is 1. The van der Waals surface area contributed by atoms with Gasteiger partial charge in [-0.05, 0) is 94.3 Å². The predicted molar refractivity (Wildman–Crippen MR) is 156 cm³/mol. The first-order chi connectivity index (χ1) is 19.0. The number of amides is 1. The molecule has 1 amide bonds. The molecule has 0 atom stereocenters. The third-order valence-electron chi connectivity index (χ3n) is 8.04. The highest BCUT2D eigenvalue weighted by molar-refractivity contribution is 7.89. The summed E-state index contributed by atoms with van der Waals surface area (Å²) in [7, 11) is -1.95. The molecule has 216 valence electrons. The van der Waals surface area contributed by atoms with Crippen molar-refractivity contribution in [2.45, 2.75) is 63.5 Å². The topological polar surface area (TPSA) is 83.3 Å². The highest BCUT2D eigenvalue weighted by atomic mass is 32.2. The van der Waals surface area contributed by atoms with Crippen molar-refractivity contribution in [3.05, 3.63) is 65.4 Å². The highest BCUT2D eigenvalue weighted by Crippen LogP contribution is 2.30. The molecule has 1 fully saturated rings. The van der Waals surface area contributed by atoms with E-state index in [1.54, 1.807) is 24.1 Å². The average Bonchev–Trinajstić information content (AvgIpc) is 3.34. The van der Waals surface area contributed by atoms with Crippen molar-refractivity contribution < 1.29 is 22.4 Å². The molecule has 0 saturated carbocycles. The molecule has 1 saturated heterocycles. The number of nitrogens with zero attached hydrogens (tertiary/aromatic N) is 3. The van der Waals surface area contributed by atoms with Crippen molar-refractivity contribution in [1.82, 2.24) is 14.1 Å². The molecular weight excluding hydrogens is 526 g/mol. The number of ether oxygens (including phenoxy) is 1. The quantitative estimate of drug-likeness (QED) is 0.385. The van der Waals surface area contributed by atoms with E-state index in [0.717, 1.165) is 55.6 Å². The smallest absolute Gasteiger partial charge is 0.410 e. The Morgan fingerprint density at radius 1 is 1.07 bits per heavy atom. The fraction of sp³-hybridized carbons (Fsp3) is 0.516. The zero-order valence-electron chi connectivity index (χ0n) is 24.1. The van der Waals surface area contributed by atoms with Crippen LogP contribution < -0.4 is 0 Å². The van der Waals surface area contributed by atoms with Gasteiger partial charge in [-0.15, -0.1) is 0 Å². The first-order valence-corrected chi connectivity index (χ1v) is 15.7. The summed E-state index contributed by atoms with van der Waals surface area (Å²) in [6, 6.07) is 13.5. The molecule has 0 spiro atoms. The summed E-state index contributed by atoms with van der Waals surface area (Å²) >= 11 is 0. The van der Waals surface area contributed by atoms with Crippen LogP contribution in [-0.4, -0.2) is 74.0 Å². The number of para-hydroxylation sites is 1. The number of furan rings is 1. The van der Waals surface area contributed by atoms with Crippen LogP contribution in [0.25, 0.3) is 11.0 Å². The molecule has 40 heavy (non-hydrogen) atoms. The largest absolute Gasteiger partial charge is 0.464 e. The van der Waals surface area contributed by atoms with Gasteiger partial charge < -0.3 is 19.0 Å².